The molecule has 0 unspecified atom stereocenters. The molecule has 5 nitrogen and oxygen atoms in total. The standard InChI is InChI=1S/C25H41N5.HI/c1-3-15-29-18-13-24(14-19-29)28-25(26-4-2)27-20-22-11-7-8-12-23(22)21-30-16-9-5-6-10-17-30;/h3,7-8,11-12,24H,1,4-6,9-10,13-21H2,2H3,(H2,26,27,28);1H. The molecule has 3 rings (SSSR count). The first-order valence-corrected chi connectivity index (χ1v) is 12.0. The number of guanidine groups is 1. The Balaban J connectivity index is 0.00000341. The number of nitrogens with zero attached hydrogens (tertiary/aromatic N) is 3. The molecule has 1 aromatic carbocycles. The minimum Gasteiger partial charge on any atom is -0.357 e. The van der Waals surface area contributed by atoms with Crippen LogP contribution >= 0.6 is 24.0 Å². The second-order valence-corrected chi connectivity index (χ2v) is 8.66. The molecule has 2 saturated heterocycles. The molecule has 2 aliphatic rings. The van der Waals surface area contributed by atoms with Gasteiger partial charge in [0.25, 0.3) is 0 Å². The zero-order valence-corrected chi connectivity index (χ0v) is 21.7. The third kappa shape index (κ3) is 9.10. The normalized spacial score (nSPS) is 19.3. The van der Waals surface area contributed by atoms with Crippen molar-refractivity contribution in [2.45, 2.75) is 64.6 Å². The van der Waals surface area contributed by atoms with Crippen LogP contribution in [0.2, 0.25) is 0 Å². The van der Waals surface area contributed by atoms with Crippen LogP contribution in [0.1, 0.15) is 56.6 Å². The van der Waals surface area contributed by atoms with E-state index in [-0.39, 0.29) is 24.0 Å². The molecule has 0 amide bonds. The second kappa shape index (κ2) is 14.9. The average molecular weight is 540 g/mol. The second-order valence-electron chi connectivity index (χ2n) is 8.66. The third-order valence-electron chi connectivity index (χ3n) is 6.28. The molecule has 0 aromatic heterocycles. The minimum absolute atomic E-state index is 0. The number of aliphatic imine (C=N–C) groups is 1. The van der Waals surface area contributed by atoms with Gasteiger partial charge in [-0.05, 0) is 56.8 Å². The van der Waals surface area contributed by atoms with Crippen LogP contribution in [0.25, 0.3) is 0 Å². The fourth-order valence-corrected chi connectivity index (χ4v) is 4.52. The molecule has 1 aromatic rings. The van der Waals surface area contributed by atoms with Crippen molar-refractivity contribution in [2.75, 3.05) is 39.3 Å². The Kier molecular flexibility index (Phi) is 12.5. The summed E-state index contributed by atoms with van der Waals surface area (Å²) in [7, 11) is 0. The van der Waals surface area contributed by atoms with E-state index in [2.05, 4.69) is 58.2 Å². The molecule has 0 saturated carbocycles. The Morgan fingerprint density at radius 2 is 1.71 bits per heavy atom. The number of benzene rings is 1. The Hall–Kier alpha value is -1.12. The van der Waals surface area contributed by atoms with Crippen LogP contribution in [0.5, 0.6) is 0 Å². The Labute approximate surface area is 206 Å². The van der Waals surface area contributed by atoms with Gasteiger partial charge in [0.1, 0.15) is 0 Å². The maximum atomic E-state index is 4.95. The van der Waals surface area contributed by atoms with Crippen LogP contribution in [0, 0.1) is 0 Å². The highest BCUT2D eigenvalue weighted by Gasteiger charge is 2.19. The molecular weight excluding hydrogens is 497 g/mol. The fourth-order valence-electron chi connectivity index (χ4n) is 4.52. The number of likely N-dealkylation sites (tertiary alicyclic amines) is 2. The molecule has 0 spiro atoms. The molecule has 2 fully saturated rings. The van der Waals surface area contributed by atoms with E-state index in [1.165, 1.54) is 49.9 Å². The maximum absolute atomic E-state index is 4.95. The van der Waals surface area contributed by atoms with Crippen molar-refractivity contribution in [1.82, 2.24) is 20.4 Å². The van der Waals surface area contributed by atoms with Crippen molar-refractivity contribution in [3.8, 4) is 0 Å². The largest absolute Gasteiger partial charge is 0.357 e. The van der Waals surface area contributed by atoms with E-state index >= 15 is 0 Å². The van der Waals surface area contributed by atoms with Crippen molar-refractivity contribution in [1.29, 1.82) is 0 Å². The molecule has 0 atom stereocenters. The SMILES string of the molecule is C=CCN1CCC(NC(=NCc2ccccc2CN2CCCCCC2)NCC)CC1.I. The molecule has 2 N–H and O–H groups in total. The van der Waals surface area contributed by atoms with Crippen LogP contribution in [-0.2, 0) is 13.1 Å². The molecule has 2 aliphatic heterocycles. The van der Waals surface area contributed by atoms with Gasteiger partial charge in [-0.1, -0.05) is 43.2 Å². The van der Waals surface area contributed by atoms with E-state index in [0.717, 1.165) is 58.1 Å². The first-order chi connectivity index (χ1) is 14.8. The van der Waals surface area contributed by atoms with E-state index in [9.17, 15) is 0 Å². The van der Waals surface area contributed by atoms with E-state index in [1.807, 2.05) is 6.08 Å². The molecule has 0 aliphatic carbocycles. The van der Waals surface area contributed by atoms with E-state index in [4.69, 9.17) is 4.99 Å². The van der Waals surface area contributed by atoms with Gasteiger partial charge in [-0.3, -0.25) is 9.80 Å². The average Bonchev–Trinajstić information content (AvgIpc) is 3.03. The van der Waals surface area contributed by atoms with Gasteiger partial charge in [-0.15, -0.1) is 30.6 Å². The number of piperidine rings is 1. The summed E-state index contributed by atoms with van der Waals surface area (Å²) in [6.07, 6.45) is 9.75. The molecule has 6 heteroatoms. The van der Waals surface area contributed by atoms with Gasteiger partial charge in [-0.2, -0.15) is 0 Å². The lowest BCUT2D eigenvalue weighted by atomic mass is 10.1. The van der Waals surface area contributed by atoms with Crippen molar-refractivity contribution in [2.24, 2.45) is 4.99 Å². The maximum Gasteiger partial charge on any atom is 0.191 e. The van der Waals surface area contributed by atoms with Crippen LogP contribution in [0.15, 0.2) is 41.9 Å². The summed E-state index contributed by atoms with van der Waals surface area (Å²) in [5.41, 5.74) is 2.77. The summed E-state index contributed by atoms with van der Waals surface area (Å²) in [6.45, 7) is 14.4. The zero-order valence-electron chi connectivity index (χ0n) is 19.3. The van der Waals surface area contributed by atoms with E-state index < -0.39 is 0 Å². The van der Waals surface area contributed by atoms with Gasteiger partial charge in [-0.25, -0.2) is 4.99 Å². The van der Waals surface area contributed by atoms with Gasteiger partial charge in [0.15, 0.2) is 5.96 Å². The Morgan fingerprint density at radius 3 is 2.35 bits per heavy atom. The predicted octanol–water partition coefficient (Wildman–Crippen LogP) is 4.39. The molecule has 2 heterocycles. The third-order valence-corrected chi connectivity index (χ3v) is 6.28. The van der Waals surface area contributed by atoms with Gasteiger partial charge in [0.05, 0.1) is 6.54 Å². The van der Waals surface area contributed by atoms with Crippen LogP contribution < -0.4 is 10.6 Å². The van der Waals surface area contributed by atoms with Gasteiger partial charge in [0, 0.05) is 38.8 Å². The summed E-state index contributed by atoms with van der Waals surface area (Å²) in [4.78, 5) is 10.0. The van der Waals surface area contributed by atoms with E-state index in [0.29, 0.717) is 6.04 Å². The molecule has 174 valence electrons. The Bertz CT molecular complexity index is 662. The van der Waals surface area contributed by atoms with Crippen molar-refractivity contribution >= 4 is 29.9 Å². The quantitative estimate of drug-likeness (QED) is 0.223. The summed E-state index contributed by atoms with van der Waals surface area (Å²) in [6, 6.07) is 9.34. The lowest BCUT2D eigenvalue weighted by molar-refractivity contribution is 0.225. The molecule has 0 bridgehead atoms. The zero-order chi connectivity index (χ0) is 21.0. The van der Waals surface area contributed by atoms with Crippen LogP contribution in [0.3, 0.4) is 0 Å². The topological polar surface area (TPSA) is 42.9 Å². The fraction of sp³-hybridized carbons (Fsp3) is 0.640. The summed E-state index contributed by atoms with van der Waals surface area (Å²) < 4.78 is 0. The van der Waals surface area contributed by atoms with Crippen molar-refractivity contribution < 1.29 is 0 Å². The first-order valence-electron chi connectivity index (χ1n) is 12.0. The smallest absolute Gasteiger partial charge is 0.191 e. The monoisotopic (exact) mass is 539 g/mol. The summed E-state index contributed by atoms with van der Waals surface area (Å²) in [5, 5.41) is 7.12. The number of nitrogens with one attached hydrogen (secondary N) is 2. The van der Waals surface area contributed by atoms with Crippen LogP contribution in [-0.4, -0.2) is 61.1 Å². The highest BCUT2D eigenvalue weighted by molar-refractivity contribution is 14.0. The molecule has 0 radical (unpaired) electrons. The molecule has 31 heavy (non-hydrogen) atoms. The number of rotatable bonds is 8. The van der Waals surface area contributed by atoms with E-state index in [1.54, 1.807) is 0 Å². The van der Waals surface area contributed by atoms with Gasteiger partial charge < -0.3 is 10.6 Å². The molecular formula is C25H42IN5. The highest BCUT2D eigenvalue weighted by atomic mass is 127. The van der Waals surface area contributed by atoms with Gasteiger partial charge >= 0.3 is 0 Å². The number of hydrogen-bond donors (Lipinski definition) is 2. The highest BCUT2D eigenvalue weighted by Crippen LogP contribution is 2.17. The first kappa shape index (κ1) is 26.1. The minimum atomic E-state index is 0. The summed E-state index contributed by atoms with van der Waals surface area (Å²) in [5.74, 6) is 0.948. The van der Waals surface area contributed by atoms with Gasteiger partial charge in [0.2, 0.25) is 0 Å². The lowest BCUT2D eigenvalue weighted by Gasteiger charge is -2.32. The Morgan fingerprint density at radius 1 is 1.03 bits per heavy atom. The number of halogens is 1. The van der Waals surface area contributed by atoms with Crippen molar-refractivity contribution in [3.63, 3.8) is 0 Å². The predicted molar refractivity (Wildman–Crippen MR) is 143 cm³/mol. The lowest BCUT2D eigenvalue weighted by Crippen LogP contribution is -2.48. The van der Waals surface area contributed by atoms with Crippen molar-refractivity contribution in [3.05, 3.63) is 48.0 Å². The van der Waals surface area contributed by atoms with Crippen LogP contribution in [0.4, 0.5) is 0 Å². The number of hydrogen-bond acceptors (Lipinski definition) is 3. The summed E-state index contributed by atoms with van der Waals surface area (Å²) >= 11 is 0.